The Balaban J connectivity index is 1.50. The topological polar surface area (TPSA) is 63.9 Å². The summed E-state index contributed by atoms with van der Waals surface area (Å²) in [5.41, 5.74) is 0. The molecular weight excluding hydrogens is 296 g/mol. The molecule has 7 heteroatoms. The number of methoxy groups -OCH3 is 1. The molecule has 1 aromatic rings. The largest absolute Gasteiger partial charge is 0.379 e. The van der Waals surface area contributed by atoms with Gasteiger partial charge in [-0.05, 0) is 32.4 Å². The van der Waals surface area contributed by atoms with Crippen LogP contribution in [0.5, 0.6) is 0 Å². The zero-order valence-electron chi connectivity index (χ0n) is 14.1. The Morgan fingerprint density at radius 3 is 2.91 bits per heavy atom. The third kappa shape index (κ3) is 4.97. The number of likely N-dealkylation sites (tertiary alicyclic amines) is 1. The number of rotatable bonds is 7. The Hall–Kier alpha value is -1.02. The molecule has 2 saturated heterocycles. The Labute approximate surface area is 137 Å². The van der Waals surface area contributed by atoms with E-state index in [2.05, 4.69) is 19.9 Å². The van der Waals surface area contributed by atoms with Crippen LogP contribution in [0.3, 0.4) is 0 Å². The van der Waals surface area contributed by atoms with Crippen LogP contribution in [-0.2, 0) is 22.6 Å². The van der Waals surface area contributed by atoms with E-state index in [0.29, 0.717) is 24.4 Å². The average molecular weight is 324 g/mol. The van der Waals surface area contributed by atoms with Gasteiger partial charge in [0, 0.05) is 26.2 Å². The lowest BCUT2D eigenvalue weighted by Gasteiger charge is -2.36. The molecule has 1 atom stereocenters. The minimum Gasteiger partial charge on any atom is -0.379 e. The van der Waals surface area contributed by atoms with Crippen LogP contribution in [0.25, 0.3) is 0 Å². The highest BCUT2D eigenvalue weighted by Gasteiger charge is 2.25. The Kier molecular flexibility index (Phi) is 6.38. The van der Waals surface area contributed by atoms with Crippen LogP contribution in [0.15, 0.2) is 4.52 Å². The highest BCUT2D eigenvalue weighted by molar-refractivity contribution is 4.87. The molecule has 0 aliphatic carbocycles. The van der Waals surface area contributed by atoms with Gasteiger partial charge in [0.05, 0.1) is 19.8 Å². The molecule has 0 spiro atoms. The Morgan fingerprint density at radius 2 is 2.09 bits per heavy atom. The molecule has 0 amide bonds. The monoisotopic (exact) mass is 324 g/mol. The van der Waals surface area contributed by atoms with Gasteiger partial charge in [0.25, 0.3) is 0 Å². The van der Waals surface area contributed by atoms with E-state index < -0.39 is 0 Å². The number of hydrogen-bond donors (Lipinski definition) is 0. The first-order valence-electron chi connectivity index (χ1n) is 8.69. The summed E-state index contributed by atoms with van der Waals surface area (Å²) in [6, 6.07) is 0.615. The first-order valence-corrected chi connectivity index (χ1v) is 8.69. The summed E-state index contributed by atoms with van der Waals surface area (Å²) < 4.78 is 15.8. The predicted molar refractivity (Wildman–Crippen MR) is 84.9 cm³/mol. The summed E-state index contributed by atoms with van der Waals surface area (Å²) in [5, 5.41) is 3.96. The van der Waals surface area contributed by atoms with Crippen LogP contribution in [0, 0.1) is 0 Å². The molecule has 2 fully saturated rings. The van der Waals surface area contributed by atoms with Crippen molar-refractivity contribution in [2.75, 3.05) is 46.5 Å². The molecular formula is C16H28N4O3. The molecule has 2 aliphatic rings. The second-order valence-electron chi connectivity index (χ2n) is 6.40. The lowest BCUT2D eigenvalue weighted by atomic mass is 9.99. The molecule has 0 radical (unpaired) electrons. The predicted octanol–water partition coefficient (Wildman–Crippen LogP) is 1.29. The minimum atomic E-state index is 0.407. The van der Waals surface area contributed by atoms with Gasteiger partial charge >= 0.3 is 0 Å². The van der Waals surface area contributed by atoms with Gasteiger partial charge in [0.15, 0.2) is 5.82 Å². The summed E-state index contributed by atoms with van der Waals surface area (Å²) in [7, 11) is 1.64. The molecule has 2 aliphatic heterocycles. The van der Waals surface area contributed by atoms with Gasteiger partial charge in [-0.3, -0.25) is 9.80 Å². The highest BCUT2D eigenvalue weighted by atomic mass is 16.5. The number of hydrogen-bond acceptors (Lipinski definition) is 7. The van der Waals surface area contributed by atoms with Crippen LogP contribution in [0.1, 0.15) is 37.4 Å². The van der Waals surface area contributed by atoms with Crippen LogP contribution < -0.4 is 0 Å². The van der Waals surface area contributed by atoms with E-state index in [-0.39, 0.29) is 0 Å². The van der Waals surface area contributed by atoms with E-state index in [9.17, 15) is 0 Å². The maximum atomic E-state index is 5.42. The quantitative estimate of drug-likeness (QED) is 0.749. The highest BCUT2D eigenvalue weighted by Crippen LogP contribution is 2.22. The van der Waals surface area contributed by atoms with Crippen molar-refractivity contribution in [3.8, 4) is 0 Å². The van der Waals surface area contributed by atoms with Gasteiger partial charge < -0.3 is 14.0 Å². The fourth-order valence-electron chi connectivity index (χ4n) is 3.47. The van der Waals surface area contributed by atoms with E-state index in [4.69, 9.17) is 14.0 Å². The summed E-state index contributed by atoms with van der Waals surface area (Å²) in [4.78, 5) is 9.43. The van der Waals surface area contributed by atoms with Crippen LogP contribution in [0.2, 0.25) is 0 Å². The van der Waals surface area contributed by atoms with Crippen molar-refractivity contribution in [3.05, 3.63) is 11.7 Å². The number of aromatic nitrogens is 2. The van der Waals surface area contributed by atoms with Gasteiger partial charge in [-0.25, -0.2) is 0 Å². The molecule has 7 nitrogen and oxygen atoms in total. The molecule has 3 rings (SSSR count). The van der Waals surface area contributed by atoms with Crippen molar-refractivity contribution >= 4 is 0 Å². The second-order valence-corrected chi connectivity index (χ2v) is 6.40. The average Bonchev–Trinajstić information content (AvgIpc) is 3.03. The van der Waals surface area contributed by atoms with Gasteiger partial charge in [-0.1, -0.05) is 11.6 Å². The summed E-state index contributed by atoms with van der Waals surface area (Å²) in [6.45, 7) is 7.32. The van der Waals surface area contributed by atoms with Gasteiger partial charge in [-0.2, -0.15) is 4.98 Å². The van der Waals surface area contributed by atoms with E-state index in [0.717, 1.165) is 45.9 Å². The third-order valence-electron chi connectivity index (χ3n) is 4.75. The van der Waals surface area contributed by atoms with E-state index in [1.165, 1.54) is 25.7 Å². The molecule has 23 heavy (non-hydrogen) atoms. The maximum absolute atomic E-state index is 5.42. The van der Waals surface area contributed by atoms with Crippen molar-refractivity contribution in [1.82, 2.24) is 19.9 Å². The van der Waals surface area contributed by atoms with Gasteiger partial charge in [0.2, 0.25) is 5.89 Å². The third-order valence-corrected chi connectivity index (χ3v) is 4.75. The molecule has 0 aromatic carbocycles. The fraction of sp³-hybridized carbons (Fsp3) is 0.875. The first kappa shape index (κ1) is 16.8. The van der Waals surface area contributed by atoms with Crippen molar-refractivity contribution < 1.29 is 14.0 Å². The van der Waals surface area contributed by atoms with Crippen LogP contribution in [0.4, 0.5) is 0 Å². The number of piperidine rings is 1. The summed E-state index contributed by atoms with van der Waals surface area (Å²) in [6.07, 6.45) is 5.05. The SMILES string of the molecule is COCc1noc(CN2CCCC[C@H]2CCN2CCOCC2)n1. The van der Waals surface area contributed by atoms with E-state index in [1.807, 2.05) is 0 Å². The molecule has 1 aromatic heterocycles. The van der Waals surface area contributed by atoms with E-state index >= 15 is 0 Å². The van der Waals surface area contributed by atoms with Crippen molar-refractivity contribution in [1.29, 1.82) is 0 Å². The standard InChI is InChI=1S/C16H28N4O3/c1-21-13-15-17-16(23-18-15)12-20-6-3-2-4-14(20)5-7-19-8-10-22-11-9-19/h14H,2-13H2,1H3/t14-/m0/s1. The molecule has 3 heterocycles. The molecule has 130 valence electrons. The lowest BCUT2D eigenvalue weighted by molar-refractivity contribution is 0.0294. The van der Waals surface area contributed by atoms with E-state index in [1.54, 1.807) is 7.11 Å². The van der Waals surface area contributed by atoms with Crippen molar-refractivity contribution in [3.63, 3.8) is 0 Å². The Bertz CT molecular complexity index is 462. The summed E-state index contributed by atoms with van der Waals surface area (Å²) >= 11 is 0. The first-order chi connectivity index (χ1) is 11.3. The fourth-order valence-corrected chi connectivity index (χ4v) is 3.47. The summed E-state index contributed by atoms with van der Waals surface area (Å²) in [5.74, 6) is 1.33. The van der Waals surface area contributed by atoms with Gasteiger partial charge in [0.1, 0.15) is 6.61 Å². The van der Waals surface area contributed by atoms with Crippen LogP contribution in [-0.4, -0.2) is 72.5 Å². The smallest absolute Gasteiger partial charge is 0.240 e. The van der Waals surface area contributed by atoms with Crippen molar-refractivity contribution in [2.24, 2.45) is 0 Å². The zero-order valence-corrected chi connectivity index (χ0v) is 14.1. The second kappa shape index (κ2) is 8.73. The Morgan fingerprint density at radius 1 is 1.22 bits per heavy atom. The normalized spacial score (nSPS) is 24.1. The van der Waals surface area contributed by atoms with Gasteiger partial charge in [-0.15, -0.1) is 0 Å². The lowest BCUT2D eigenvalue weighted by Crippen LogP contribution is -2.43. The molecule has 0 N–H and O–H groups in total. The number of ether oxygens (including phenoxy) is 2. The number of nitrogens with zero attached hydrogens (tertiary/aromatic N) is 4. The number of morpholine rings is 1. The molecule has 0 bridgehead atoms. The maximum Gasteiger partial charge on any atom is 0.240 e. The molecule has 0 unspecified atom stereocenters. The van der Waals surface area contributed by atoms with Crippen LogP contribution >= 0.6 is 0 Å². The minimum absolute atomic E-state index is 0.407. The van der Waals surface area contributed by atoms with Crippen molar-refractivity contribution in [2.45, 2.75) is 44.9 Å². The zero-order chi connectivity index (χ0) is 15.9. The molecule has 0 saturated carbocycles.